The lowest BCUT2D eigenvalue weighted by Crippen LogP contribution is -2.33. The van der Waals surface area contributed by atoms with E-state index in [-0.39, 0.29) is 16.8 Å². The molecule has 1 fully saturated rings. The van der Waals surface area contributed by atoms with Crippen molar-refractivity contribution < 1.29 is 12.8 Å². The number of rotatable bonds is 4. The first-order valence-electron chi connectivity index (χ1n) is 7.67. The van der Waals surface area contributed by atoms with Crippen molar-refractivity contribution in [2.45, 2.75) is 36.7 Å². The van der Waals surface area contributed by atoms with E-state index in [1.165, 1.54) is 24.6 Å². The first kappa shape index (κ1) is 16.1. The van der Waals surface area contributed by atoms with E-state index in [1.807, 2.05) is 6.07 Å². The highest BCUT2D eigenvalue weighted by molar-refractivity contribution is 7.90. The summed E-state index contributed by atoms with van der Waals surface area (Å²) in [4.78, 5) is 2.45. The summed E-state index contributed by atoms with van der Waals surface area (Å²) < 4.78 is 37.3. The third-order valence-electron chi connectivity index (χ3n) is 4.25. The van der Waals surface area contributed by atoms with Crippen LogP contribution in [0.1, 0.15) is 36.6 Å². The maximum atomic E-state index is 13.4. The van der Waals surface area contributed by atoms with Gasteiger partial charge in [0, 0.05) is 12.8 Å². The lowest BCUT2D eigenvalue weighted by atomic mass is 9.98. The van der Waals surface area contributed by atoms with Gasteiger partial charge in [0.2, 0.25) is 0 Å². The number of H-pyrrole nitrogens is 1. The topological polar surface area (TPSA) is 66.1 Å². The maximum Gasteiger partial charge on any atom is 0.178 e. The van der Waals surface area contributed by atoms with Crippen LogP contribution in [-0.4, -0.2) is 36.3 Å². The molecule has 3 rings (SSSR count). The van der Waals surface area contributed by atoms with Crippen LogP contribution in [0.25, 0.3) is 0 Å². The van der Waals surface area contributed by atoms with Crippen LogP contribution in [-0.2, 0) is 16.4 Å². The molecule has 1 N–H and O–H groups in total. The van der Waals surface area contributed by atoms with Gasteiger partial charge in [0.05, 0.1) is 17.9 Å². The normalized spacial score (nSPS) is 19.8. The predicted octanol–water partition coefficient (Wildman–Crippen LogP) is 2.68. The van der Waals surface area contributed by atoms with Crippen LogP contribution in [0, 0.1) is 5.82 Å². The number of hydrogen-bond donors (Lipinski definition) is 1. The summed E-state index contributed by atoms with van der Waals surface area (Å²) in [5, 5.41) is 6.79. The Morgan fingerprint density at radius 1 is 1.39 bits per heavy atom. The maximum absolute atomic E-state index is 13.4. The van der Waals surface area contributed by atoms with Crippen molar-refractivity contribution in [2.75, 3.05) is 12.8 Å². The van der Waals surface area contributed by atoms with Crippen LogP contribution in [0.5, 0.6) is 0 Å². The van der Waals surface area contributed by atoms with Gasteiger partial charge in [-0.05, 0) is 37.1 Å². The molecule has 1 aromatic carbocycles. The minimum atomic E-state index is -3.32. The molecule has 2 aromatic rings. The zero-order valence-corrected chi connectivity index (χ0v) is 13.8. The molecule has 0 amide bonds. The van der Waals surface area contributed by atoms with Gasteiger partial charge in [-0.25, -0.2) is 12.8 Å². The summed E-state index contributed by atoms with van der Waals surface area (Å²) in [5.74, 6) is -0.255. The van der Waals surface area contributed by atoms with Gasteiger partial charge in [-0.1, -0.05) is 18.6 Å². The minimum Gasteiger partial charge on any atom is -0.290 e. The van der Waals surface area contributed by atoms with Crippen molar-refractivity contribution in [3.8, 4) is 0 Å². The first-order chi connectivity index (χ1) is 10.9. The summed E-state index contributed by atoms with van der Waals surface area (Å²) in [5.41, 5.74) is 1.53. The highest BCUT2D eigenvalue weighted by Gasteiger charge is 2.30. The summed E-state index contributed by atoms with van der Waals surface area (Å²) in [6.45, 7) is 1.44. The van der Waals surface area contributed by atoms with Gasteiger partial charge < -0.3 is 0 Å². The van der Waals surface area contributed by atoms with Gasteiger partial charge in [-0.15, -0.1) is 0 Å². The second-order valence-corrected chi connectivity index (χ2v) is 8.02. The molecule has 0 saturated carbocycles. The number of likely N-dealkylation sites (tertiary alicyclic amines) is 1. The van der Waals surface area contributed by atoms with Crippen molar-refractivity contribution in [2.24, 2.45) is 0 Å². The van der Waals surface area contributed by atoms with Gasteiger partial charge in [0.1, 0.15) is 10.7 Å². The largest absolute Gasteiger partial charge is 0.290 e. The van der Waals surface area contributed by atoms with E-state index >= 15 is 0 Å². The lowest BCUT2D eigenvalue weighted by molar-refractivity contribution is 0.135. The Morgan fingerprint density at radius 2 is 2.22 bits per heavy atom. The van der Waals surface area contributed by atoms with Crippen LogP contribution in [0.2, 0.25) is 0 Å². The minimum absolute atomic E-state index is 0.0424. The summed E-state index contributed by atoms with van der Waals surface area (Å²) in [7, 11) is -3.32. The Bertz CT molecular complexity index is 788. The smallest absolute Gasteiger partial charge is 0.178 e. The Hall–Kier alpha value is -1.73. The number of nitrogens with zero attached hydrogens (tertiary/aromatic N) is 2. The van der Waals surface area contributed by atoms with E-state index in [4.69, 9.17) is 0 Å². The number of piperidine rings is 1. The monoisotopic (exact) mass is 337 g/mol. The standard InChI is InChI=1S/C16H20FN3O2S/c1-23(21,22)15-10-18-19-16(15)14-7-2-3-8-20(14)11-12-5-4-6-13(17)9-12/h4-6,9-10,14H,2-3,7-8,11H2,1H3,(H,18,19)/t14-/m1/s1. The average Bonchev–Trinajstić information content (AvgIpc) is 2.97. The van der Waals surface area contributed by atoms with Crippen molar-refractivity contribution >= 4 is 9.84 Å². The number of aromatic nitrogens is 2. The fourth-order valence-electron chi connectivity index (χ4n) is 3.20. The van der Waals surface area contributed by atoms with E-state index < -0.39 is 9.84 Å². The molecular weight excluding hydrogens is 317 g/mol. The van der Waals surface area contributed by atoms with Crippen molar-refractivity contribution in [3.63, 3.8) is 0 Å². The number of halogens is 1. The quantitative estimate of drug-likeness (QED) is 0.931. The lowest BCUT2D eigenvalue weighted by Gasteiger charge is -2.35. The van der Waals surface area contributed by atoms with Crippen LogP contribution in [0.3, 0.4) is 0 Å². The molecule has 1 aliphatic rings. The number of hydrogen-bond acceptors (Lipinski definition) is 4. The molecule has 1 atom stereocenters. The van der Waals surface area contributed by atoms with Crippen LogP contribution in [0.15, 0.2) is 35.4 Å². The molecule has 1 aromatic heterocycles. The summed E-state index contributed by atoms with van der Waals surface area (Å²) in [6, 6.07) is 6.49. The first-order valence-corrected chi connectivity index (χ1v) is 9.56. The molecule has 0 aliphatic carbocycles. The molecule has 23 heavy (non-hydrogen) atoms. The fraction of sp³-hybridized carbons (Fsp3) is 0.438. The zero-order chi connectivity index (χ0) is 16.4. The van der Waals surface area contributed by atoms with Crippen molar-refractivity contribution in [3.05, 3.63) is 47.5 Å². The zero-order valence-electron chi connectivity index (χ0n) is 13.0. The highest BCUT2D eigenvalue weighted by atomic mass is 32.2. The summed E-state index contributed by atoms with van der Waals surface area (Å²) in [6.07, 6.45) is 5.52. The number of aromatic amines is 1. The van der Waals surface area contributed by atoms with Crippen LogP contribution >= 0.6 is 0 Å². The SMILES string of the molecule is CS(=O)(=O)c1cn[nH]c1[C@H]1CCCCN1Cc1cccc(F)c1. The van der Waals surface area contributed by atoms with Crippen molar-refractivity contribution in [1.29, 1.82) is 0 Å². The van der Waals surface area contributed by atoms with E-state index in [2.05, 4.69) is 15.1 Å². The van der Waals surface area contributed by atoms with Crippen LogP contribution < -0.4 is 0 Å². The Labute approximate surface area is 135 Å². The molecule has 1 saturated heterocycles. The Kier molecular flexibility index (Phi) is 4.50. The molecule has 124 valence electrons. The Balaban J connectivity index is 1.89. The number of benzene rings is 1. The van der Waals surface area contributed by atoms with Gasteiger partial charge in [-0.3, -0.25) is 10.00 Å². The van der Waals surface area contributed by atoms with E-state index in [9.17, 15) is 12.8 Å². The second kappa shape index (κ2) is 6.41. The van der Waals surface area contributed by atoms with E-state index in [0.717, 1.165) is 31.4 Å². The number of sulfone groups is 1. The molecule has 5 nitrogen and oxygen atoms in total. The molecule has 0 unspecified atom stereocenters. The molecular formula is C16H20FN3O2S. The predicted molar refractivity (Wildman–Crippen MR) is 85.1 cm³/mol. The fourth-order valence-corrected chi connectivity index (χ4v) is 4.02. The summed E-state index contributed by atoms with van der Waals surface area (Å²) >= 11 is 0. The van der Waals surface area contributed by atoms with Gasteiger partial charge in [0.25, 0.3) is 0 Å². The average molecular weight is 337 g/mol. The highest BCUT2D eigenvalue weighted by Crippen LogP contribution is 2.34. The van der Waals surface area contributed by atoms with E-state index in [1.54, 1.807) is 6.07 Å². The molecule has 7 heteroatoms. The third-order valence-corrected chi connectivity index (χ3v) is 5.38. The molecule has 0 spiro atoms. The molecule has 0 bridgehead atoms. The van der Waals surface area contributed by atoms with Gasteiger partial charge in [0.15, 0.2) is 9.84 Å². The Morgan fingerprint density at radius 3 is 2.96 bits per heavy atom. The molecule has 0 radical (unpaired) electrons. The molecule has 1 aliphatic heterocycles. The third kappa shape index (κ3) is 3.61. The van der Waals surface area contributed by atoms with Gasteiger partial charge >= 0.3 is 0 Å². The van der Waals surface area contributed by atoms with E-state index in [0.29, 0.717) is 12.2 Å². The molecule has 2 heterocycles. The van der Waals surface area contributed by atoms with Crippen molar-refractivity contribution in [1.82, 2.24) is 15.1 Å². The second-order valence-electron chi connectivity index (χ2n) is 6.03. The number of nitrogens with one attached hydrogen (secondary N) is 1. The van der Waals surface area contributed by atoms with Gasteiger partial charge in [-0.2, -0.15) is 5.10 Å². The van der Waals surface area contributed by atoms with Crippen LogP contribution in [0.4, 0.5) is 4.39 Å².